The van der Waals surface area contributed by atoms with Gasteiger partial charge in [-0.2, -0.15) is 0 Å². The van der Waals surface area contributed by atoms with E-state index in [1.807, 2.05) is 48.1 Å². The van der Waals surface area contributed by atoms with E-state index in [2.05, 4.69) is 11.4 Å². The van der Waals surface area contributed by atoms with Gasteiger partial charge in [0.25, 0.3) is 0 Å². The van der Waals surface area contributed by atoms with Crippen LogP contribution in [0.4, 0.5) is 5.69 Å². The molecule has 0 saturated carbocycles. The summed E-state index contributed by atoms with van der Waals surface area (Å²) >= 11 is 0. The molecule has 4 rings (SSSR count). The fourth-order valence-corrected chi connectivity index (χ4v) is 3.07. The Morgan fingerprint density at radius 3 is 2.79 bits per heavy atom. The number of nitrogens with zero attached hydrogens (tertiary/aromatic N) is 1. The lowest BCUT2D eigenvalue weighted by Gasteiger charge is -2.19. The molecule has 24 heavy (non-hydrogen) atoms. The molecule has 1 N–H and O–H groups in total. The third kappa shape index (κ3) is 2.69. The predicted molar refractivity (Wildman–Crippen MR) is 92.7 cm³/mol. The van der Waals surface area contributed by atoms with Crippen molar-refractivity contribution in [3.8, 4) is 11.5 Å². The Kier molecular flexibility index (Phi) is 3.61. The molecule has 5 nitrogen and oxygen atoms in total. The van der Waals surface area contributed by atoms with E-state index in [4.69, 9.17) is 9.47 Å². The second-order valence-electron chi connectivity index (χ2n) is 5.87. The van der Waals surface area contributed by atoms with Crippen molar-refractivity contribution < 1.29 is 14.3 Å². The molecule has 0 bridgehead atoms. The molecular formula is C19H18N2O3. The standard InChI is InChI=1S/C19H18N2O3/c1-21-12-13(15-4-2-3-5-16(15)21)10-19(22)20-14-6-7-17-18(11-14)24-9-8-23-17/h2-7,11-12H,8-10H2,1H3,(H,20,22). The lowest BCUT2D eigenvalue weighted by atomic mass is 10.1. The van der Waals surface area contributed by atoms with E-state index in [0.29, 0.717) is 36.8 Å². The first-order chi connectivity index (χ1) is 11.7. The first-order valence-electron chi connectivity index (χ1n) is 7.93. The number of anilines is 1. The molecule has 1 amide bonds. The highest BCUT2D eigenvalue weighted by atomic mass is 16.6. The molecule has 0 fully saturated rings. The van der Waals surface area contributed by atoms with Gasteiger partial charge in [0.15, 0.2) is 11.5 Å². The van der Waals surface area contributed by atoms with E-state index >= 15 is 0 Å². The number of aromatic nitrogens is 1. The molecule has 1 aliphatic heterocycles. The zero-order valence-corrected chi connectivity index (χ0v) is 13.4. The van der Waals surface area contributed by atoms with Crippen molar-refractivity contribution in [1.29, 1.82) is 0 Å². The molecule has 3 aromatic rings. The lowest BCUT2D eigenvalue weighted by molar-refractivity contribution is -0.115. The van der Waals surface area contributed by atoms with Crippen LogP contribution in [-0.2, 0) is 18.3 Å². The predicted octanol–water partition coefficient (Wildman–Crippen LogP) is 3.13. The number of fused-ring (bicyclic) bond motifs is 2. The van der Waals surface area contributed by atoms with Gasteiger partial charge in [-0.05, 0) is 23.8 Å². The van der Waals surface area contributed by atoms with Crippen molar-refractivity contribution in [1.82, 2.24) is 4.57 Å². The normalized spacial score (nSPS) is 13.0. The second-order valence-corrected chi connectivity index (χ2v) is 5.87. The van der Waals surface area contributed by atoms with Crippen molar-refractivity contribution in [3.05, 3.63) is 54.2 Å². The van der Waals surface area contributed by atoms with Crippen LogP contribution >= 0.6 is 0 Å². The van der Waals surface area contributed by atoms with E-state index in [-0.39, 0.29) is 5.91 Å². The molecule has 0 unspecified atom stereocenters. The summed E-state index contributed by atoms with van der Waals surface area (Å²) in [6.45, 7) is 1.08. The SMILES string of the molecule is Cn1cc(CC(=O)Nc2ccc3c(c2)OCCO3)c2ccccc21. The minimum atomic E-state index is -0.0527. The summed E-state index contributed by atoms with van der Waals surface area (Å²) in [6.07, 6.45) is 2.34. The maximum atomic E-state index is 12.4. The number of hydrogen-bond acceptors (Lipinski definition) is 3. The van der Waals surface area contributed by atoms with Crippen molar-refractivity contribution >= 4 is 22.5 Å². The molecule has 2 aromatic carbocycles. The van der Waals surface area contributed by atoms with Gasteiger partial charge in [-0.25, -0.2) is 0 Å². The van der Waals surface area contributed by atoms with Crippen LogP contribution in [0.2, 0.25) is 0 Å². The topological polar surface area (TPSA) is 52.5 Å². The first-order valence-corrected chi connectivity index (χ1v) is 7.93. The molecule has 1 aliphatic rings. The first kappa shape index (κ1) is 14.6. The average molecular weight is 322 g/mol. The third-order valence-corrected chi connectivity index (χ3v) is 4.16. The third-order valence-electron chi connectivity index (χ3n) is 4.16. The highest BCUT2D eigenvalue weighted by Gasteiger charge is 2.14. The monoisotopic (exact) mass is 322 g/mol. The van der Waals surface area contributed by atoms with E-state index in [9.17, 15) is 4.79 Å². The van der Waals surface area contributed by atoms with Gasteiger partial charge >= 0.3 is 0 Å². The number of para-hydroxylation sites is 1. The molecule has 5 heteroatoms. The Morgan fingerprint density at radius 2 is 1.92 bits per heavy atom. The number of carbonyl (C=O) groups excluding carboxylic acids is 1. The van der Waals surface area contributed by atoms with Crippen LogP contribution in [0.25, 0.3) is 10.9 Å². The molecule has 0 spiro atoms. The van der Waals surface area contributed by atoms with Crippen LogP contribution in [0.5, 0.6) is 11.5 Å². The smallest absolute Gasteiger partial charge is 0.228 e. The average Bonchev–Trinajstić information content (AvgIpc) is 2.91. The second kappa shape index (κ2) is 5.92. The van der Waals surface area contributed by atoms with Crippen LogP contribution in [0.15, 0.2) is 48.7 Å². The molecule has 0 saturated heterocycles. The number of carbonyl (C=O) groups is 1. The van der Waals surface area contributed by atoms with E-state index < -0.39 is 0 Å². The van der Waals surface area contributed by atoms with E-state index in [1.165, 1.54) is 0 Å². The quantitative estimate of drug-likeness (QED) is 0.806. The van der Waals surface area contributed by atoms with Crippen LogP contribution in [0.3, 0.4) is 0 Å². The van der Waals surface area contributed by atoms with Gasteiger partial charge in [-0.3, -0.25) is 4.79 Å². The number of hydrogen-bond donors (Lipinski definition) is 1. The summed E-state index contributed by atoms with van der Waals surface area (Å²) in [5.41, 5.74) is 2.85. The fraction of sp³-hybridized carbons (Fsp3) is 0.211. The number of nitrogens with one attached hydrogen (secondary N) is 1. The van der Waals surface area contributed by atoms with Gasteiger partial charge < -0.3 is 19.4 Å². The van der Waals surface area contributed by atoms with Crippen molar-refractivity contribution in [2.24, 2.45) is 7.05 Å². The van der Waals surface area contributed by atoms with E-state index in [1.54, 1.807) is 6.07 Å². The zero-order chi connectivity index (χ0) is 16.5. The van der Waals surface area contributed by atoms with Gasteiger partial charge in [0.1, 0.15) is 13.2 Å². The molecular weight excluding hydrogens is 304 g/mol. The van der Waals surface area contributed by atoms with Crippen LogP contribution in [0, 0.1) is 0 Å². The van der Waals surface area contributed by atoms with Gasteiger partial charge in [-0.1, -0.05) is 18.2 Å². The summed E-state index contributed by atoms with van der Waals surface area (Å²) in [5.74, 6) is 1.33. The molecule has 2 heterocycles. The maximum Gasteiger partial charge on any atom is 0.228 e. The molecule has 0 aliphatic carbocycles. The van der Waals surface area contributed by atoms with Gasteiger partial charge in [0.05, 0.1) is 6.42 Å². The Morgan fingerprint density at radius 1 is 1.12 bits per heavy atom. The summed E-state index contributed by atoms with van der Waals surface area (Å²) in [7, 11) is 1.99. The minimum Gasteiger partial charge on any atom is -0.486 e. The number of rotatable bonds is 3. The van der Waals surface area contributed by atoms with Crippen LogP contribution < -0.4 is 14.8 Å². The summed E-state index contributed by atoms with van der Waals surface area (Å²) in [6, 6.07) is 13.5. The molecule has 1 aromatic heterocycles. The number of amides is 1. The number of benzene rings is 2. The number of aryl methyl sites for hydroxylation is 1. The minimum absolute atomic E-state index is 0.0527. The highest BCUT2D eigenvalue weighted by Crippen LogP contribution is 2.32. The van der Waals surface area contributed by atoms with Gasteiger partial charge in [-0.15, -0.1) is 0 Å². The van der Waals surface area contributed by atoms with E-state index in [0.717, 1.165) is 16.5 Å². The van der Waals surface area contributed by atoms with Crippen LogP contribution in [-0.4, -0.2) is 23.7 Å². The van der Waals surface area contributed by atoms with Gasteiger partial charge in [0.2, 0.25) is 5.91 Å². The Labute approximate surface area is 139 Å². The highest BCUT2D eigenvalue weighted by molar-refractivity contribution is 5.96. The fourth-order valence-electron chi connectivity index (χ4n) is 3.07. The Hall–Kier alpha value is -2.95. The summed E-state index contributed by atoms with van der Waals surface area (Å²) in [5, 5.41) is 4.04. The Bertz CT molecular complexity index is 914. The zero-order valence-electron chi connectivity index (χ0n) is 13.4. The summed E-state index contributed by atoms with van der Waals surface area (Å²) in [4.78, 5) is 12.4. The van der Waals surface area contributed by atoms with Crippen molar-refractivity contribution in [2.45, 2.75) is 6.42 Å². The largest absolute Gasteiger partial charge is 0.486 e. The molecule has 0 radical (unpaired) electrons. The molecule has 122 valence electrons. The van der Waals surface area contributed by atoms with Crippen molar-refractivity contribution in [3.63, 3.8) is 0 Å². The summed E-state index contributed by atoms with van der Waals surface area (Å²) < 4.78 is 13.1. The van der Waals surface area contributed by atoms with Gasteiger partial charge in [0, 0.05) is 35.9 Å². The maximum absolute atomic E-state index is 12.4. The number of ether oxygens (including phenoxy) is 2. The van der Waals surface area contributed by atoms with Crippen molar-refractivity contribution in [2.75, 3.05) is 18.5 Å². The molecule has 0 atom stereocenters. The lowest BCUT2D eigenvalue weighted by Crippen LogP contribution is -2.17. The van der Waals surface area contributed by atoms with Crippen LogP contribution in [0.1, 0.15) is 5.56 Å². The Balaban J connectivity index is 1.52.